The molecule has 0 unspecified atom stereocenters. The number of carbonyl (C=O) groups is 1. The van der Waals surface area contributed by atoms with Crippen LogP contribution < -0.4 is 10.1 Å². The minimum atomic E-state index is 0.0805. The lowest BCUT2D eigenvalue weighted by Crippen LogP contribution is -2.37. The van der Waals surface area contributed by atoms with Crippen LogP contribution in [-0.4, -0.2) is 38.9 Å². The highest BCUT2D eigenvalue weighted by Gasteiger charge is 2.17. The van der Waals surface area contributed by atoms with Crippen molar-refractivity contribution in [1.29, 1.82) is 0 Å². The molecular weight excluding hydrogens is 384 g/mol. The van der Waals surface area contributed by atoms with Gasteiger partial charge in [0, 0.05) is 24.0 Å². The van der Waals surface area contributed by atoms with Gasteiger partial charge in [0.2, 0.25) is 5.91 Å². The van der Waals surface area contributed by atoms with E-state index in [0.717, 1.165) is 40.4 Å². The molecule has 0 saturated heterocycles. The van der Waals surface area contributed by atoms with Crippen molar-refractivity contribution in [3.05, 3.63) is 42.7 Å². The first-order valence-corrected chi connectivity index (χ1v) is 11.2. The third-order valence-electron chi connectivity index (χ3n) is 5.13. The van der Waals surface area contributed by atoms with E-state index in [1.54, 1.807) is 6.20 Å². The predicted octanol–water partition coefficient (Wildman–Crippen LogP) is 4.34. The van der Waals surface area contributed by atoms with Gasteiger partial charge in [-0.2, -0.15) is 5.10 Å². The van der Waals surface area contributed by atoms with E-state index in [2.05, 4.69) is 15.4 Å². The van der Waals surface area contributed by atoms with Crippen molar-refractivity contribution >= 4 is 23.2 Å². The van der Waals surface area contributed by atoms with Crippen LogP contribution in [0, 0.1) is 0 Å². The standard InChI is InChI=1S/C22H26N4O2S/c1-2-28-18-10-8-16(9-11-18)19-14-20-22(23-12-13-26(20)25-19)29-15-21(27)24-17-6-4-3-5-7-17/h8-14,17H,2-7,15H2,1H3,(H,24,27). The van der Waals surface area contributed by atoms with Crippen molar-refractivity contribution in [2.24, 2.45) is 0 Å². The summed E-state index contributed by atoms with van der Waals surface area (Å²) in [6, 6.07) is 10.3. The fraction of sp³-hybridized carbons (Fsp3) is 0.409. The lowest BCUT2D eigenvalue weighted by molar-refractivity contribution is -0.119. The van der Waals surface area contributed by atoms with Crippen LogP contribution in [-0.2, 0) is 4.79 Å². The second-order valence-corrected chi connectivity index (χ2v) is 8.20. The molecule has 152 valence electrons. The molecule has 1 fully saturated rings. The van der Waals surface area contributed by atoms with E-state index in [1.807, 2.05) is 48.0 Å². The van der Waals surface area contributed by atoms with E-state index in [-0.39, 0.29) is 5.91 Å². The van der Waals surface area contributed by atoms with Gasteiger partial charge in [-0.25, -0.2) is 9.50 Å². The minimum absolute atomic E-state index is 0.0805. The molecule has 0 atom stereocenters. The molecule has 0 radical (unpaired) electrons. The normalized spacial score (nSPS) is 14.8. The number of fused-ring (bicyclic) bond motifs is 1. The maximum absolute atomic E-state index is 12.3. The fourth-order valence-electron chi connectivity index (χ4n) is 3.69. The Bertz CT molecular complexity index is 965. The van der Waals surface area contributed by atoms with E-state index in [4.69, 9.17) is 4.74 Å². The molecular formula is C22H26N4O2S. The summed E-state index contributed by atoms with van der Waals surface area (Å²) in [5, 5.41) is 8.64. The number of nitrogens with one attached hydrogen (secondary N) is 1. The summed E-state index contributed by atoms with van der Waals surface area (Å²) in [5.74, 6) is 1.30. The SMILES string of the molecule is CCOc1ccc(-c2cc3c(SCC(=O)NC4CCCCC4)nccn3n2)cc1. The Morgan fingerprint density at radius 3 is 2.79 bits per heavy atom. The van der Waals surface area contributed by atoms with E-state index >= 15 is 0 Å². The molecule has 1 aliphatic carbocycles. The van der Waals surface area contributed by atoms with Gasteiger partial charge in [0.25, 0.3) is 0 Å². The molecule has 0 spiro atoms. The van der Waals surface area contributed by atoms with Gasteiger partial charge < -0.3 is 10.1 Å². The smallest absolute Gasteiger partial charge is 0.230 e. The number of thioether (sulfide) groups is 1. The molecule has 0 bridgehead atoms. The van der Waals surface area contributed by atoms with E-state index in [9.17, 15) is 4.79 Å². The van der Waals surface area contributed by atoms with Gasteiger partial charge in [-0.05, 0) is 50.1 Å². The monoisotopic (exact) mass is 410 g/mol. The zero-order valence-electron chi connectivity index (χ0n) is 16.6. The summed E-state index contributed by atoms with van der Waals surface area (Å²) in [6.45, 7) is 2.62. The fourth-order valence-corrected chi connectivity index (χ4v) is 4.48. The van der Waals surface area contributed by atoms with Crippen LogP contribution in [0.1, 0.15) is 39.0 Å². The van der Waals surface area contributed by atoms with Crippen molar-refractivity contribution in [3.8, 4) is 17.0 Å². The zero-order valence-corrected chi connectivity index (χ0v) is 17.5. The third kappa shape index (κ3) is 4.90. The molecule has 1 amide bonds. The van der Waals surface area contributed by atoms with Gasteiger partial charge >= 0.3 is 0 Å². The molecule has 1 aromatic carbocycles. The predicted molar refractivity (Wildman–Crippen MR) is 115 cm³/mol. The molecule has 1 aliphatic rings. The number of nitrogens with zero attached hydrogens (tertiary/aromatic N) is 3. The average Bonchev–Trinajstić information content (AvgIpc) is 3.19. The topological polar surface area (TPSA) is 68.5 Å². The maximum Gasteiger partial charge on any atom is 0.230 e. The van der Waals surface area contributed by atoms with E-state index < -0.39 is 0 Å². The van der Waals surface area contributed by atoms with Gasteiger partial charge in [-0.15, -0.1) is 0 Å². The van der Waals surface area contributed by atoms with Gasteiger partial charge in [0.15, 0.2) is 0 Å². The van der Waals surface area contributed by atoms with Crippen molar-refractivity contribution in [2.45, 2.75) is 50.1 Å². The summed E-state index contributed by atoms with van der Waals surface area (Å²) in [4.78, 5) is 16.8. The first-order chi connectivity index (χ1) is 14.2. The number of benzene rings is 1. The van der Waals surface area contributed by atoms with Crippen molar-refractivity contribution in [1.82, 2.24) is 19.9 Å². The Kier molecular flexibility index (Phi) is 6.34. The largest absolute Gasteiger partial charge is 0.494 e. The molecule has 2 aromatic heterocycles. The van der Waals surface area contributed by atoms with E-state index in [0.29, 0.717) is 18.4 Å². The number of hydrogen-bond acceptors (Lipinski definition) is 5. The second-order valence-electron chi connectivity index (χ2n) is 7.24. The third-order valence-corrected chi connectivity index (χ3v) is 6.12. The Labute approximate surface area is 175 Å². The highest BCUT2D eigenvalue weighted by atomic mass is 32.2. The summed E-state index contributed by atoms with van der Waals surface area (Å²) in [6.07, 6.45) is 9.46. The van der Waals surface area contributed by atoms with Crippen LogP contribution in [0.5, 0.6) is 5.75 Å². The maximum atomic E-state index is 12.3. The molecule has 6 nitrogen and oxygen atoms in total. The molecule has 29 heavy (non-hydrogen) atoms. The Morgan fingerprint density at radius 1 is 1.24 bits per heavy atom. The Hall–Kier alpha value is -2.54. The lowest BCUT2D eigenvalue weighted by Gasteiger charge is -2.22. The molecule has 7 heteroatoms. The van der Waals surface area contributed by atoms with Crippen molar-refractivity contribution in [3.63, 3.8) is 0 Å². The summed E-state index contributed by atoms with van der Waals surface area (Å²) >= 11 is 1.46. The van der Waals surface area contributed by atoms with Crippen LogP contribution in [0.25, 0.3) is 16.8 Å². The zero-order chi connectivity index (χ0) is 20.1. The number of hydrogen-bond donors (Lipinski definition) is 1. The molecule has 2 heterocycles. The summed E-state index contributed by atoms with van der Waals surface area (Å²) in [7, 11) is 0. The van der Waals surface area contributed by atoms with Crippen LogP contribution in [0.2, 0.25) is 0 Å². The van der Waals surface area contributed by atoms with Gasteiger partial charge in [-0.1, -0.05) is 31.0 Å². The summed E-state index contributed by atoms with van der Waals surface area (Å²) < 4.78 is 7.33. The molecule has 4 rings (SSSR count). The summed E-state index contributed by atoms with van der Waals surface area (Å²) in [5.41, 5.74) is 2.80. The Balaban J connectivity index is 1.45. The quantitative estimate of drug-likeness (QED) is 0.587. The van der Waals surface area contributed by atoms with Gasteiger partial charge in [0.05, 0.1) is 23.6 Å². The number of amides is 1. The number of aromatic nitrogens is 3. The minimum Gasteiger partial charge on any atom is -0.494 e. The first-order valence-electron chi connectivity index (χ1n) is 10.2. The Morgan fingerprint density at radius 2 is 2.03 bits per heavy atom. The first kappa shape index (κ1) is 19.8. The highest BCUT2D eigenvalue weighted by molar-refractivity contribution is 8.00. The highest BCUT2D eigenvalue weighted by Crippen LogP contribution is 2.27. The van der Waals surface area contributed by atoms with Gasteiger partial charge in [0.1, 0.15) is 10.8 Å². The van der Waals surface area contributed by atoms with Crippen molar-refractivity contribution in [2.75, 3.05) is 12.4 Å². The molecule has 1 N–H and O–H groups in total. The number of carbonyl (C=O) groups excluding carboxylic acids is 1. The van der Waals surface area contributed by atoms with Crippen LogP contribution in [0.3, 0.4) is 0 Å². The lowest BCUT2D eigenvalue weighted by atomic mass is 9.95. The van der Waals surface area contributed by atoms with Crippen LogP contribution in [0.4, 0.5) is 0 Å². The number of rotatable bonds is 7. The van der Waals surface area contributed by atoms with Gasteiger partial charge in [-0.3, -0.25) is 4.79 Å². The van der Waals surface area contributed by atoms with Crippen LogP contribution >= 0.6 is 11.8 Å². The number of ether oxygens (including phenoxy) is 1. The van der Waals surface area contributed by atoms with Crippen molar-refractivity contribution < 1.29 is 9.53 Å². The average molecular weight is 411 g/mol. The molecule has 0 aliphatic heterocycles. The van der Waals surface area contributed by atoms with Crippen LogP contribution in [0.15, 0.2) is 47.8 Å². The molecule has 3 aromatic rings. The molecule has 1 saturated carbocycles. The van der Waals surface area contributed by atoms with E-state index in [1.165, 1.54) is 31.0 Å². The second kappa shape index (κ2) is 9.31.